The van der Waals surface area contributed by atoms with E-state index >= 15 is 0 Å². The van der Waals surface area contributed by atoms with Crippen molar-refractivity contribution in [3.05, 3.63) is 65.2 Å². The van der Waals surface area contributed by atoms with E-state index < -0.39 is 6.10 Å². The molecule has 0 aromatic heterocycles. The number of benzene rings is 2. The first kappa shape index (κ1) is 17.0. The van der Waals surface area contributed by atoms with Gasteiger partial charge in [0.2, 0.25) is 0 Å². The fraction of sp³-hybridized carbons (Fsp3) is 0.316. The van der Waals surface area contributed by atoms with Crippen molar-refractivity contribution in [1.82, 2.24) is 5.32 Å². The molecule has 0 aliphatic rings. The highest BCUT2D eigenvalue weighted by molar-refractivity contribution is 5.94. The van der Waals surface area contributed by atoms with E-state index in [1.165, 1.54) is 5.56 Å². The number of nitrogens with one attached hydrogen (secondary N) is 1. The van der Waals surface area contributed by atoms with E-state index in [2.05, 4.69) is 26.1 Å². The lowest BCUT2D eigenvalue weighted by atomic mass is 9.86. The van der Waals surface area contributed by atoms with E-state index in [0.29, 0.717) is 11.3 Å². The van der Waals surface area contributed by atoms with Crippen LogP contribution in [0.2, 0.25) is 0 Å². The van der Waals surface area contributed by atoms with Crippen LogP contribution in [0.1, 0.15) is 48.4 Å². The van der Waals surface area contributed by atoms with Gasteiger partial charge < -0.3 is 16.2 Å². The van der Waals surface area contributed by atoms with Crippen LogP contribution in [0.5, 0.6) is 0 Å². The third kappa shape index (κ3) is 4.57. The summed E-state index contributed by atoms with van der Waals surface area (Å²) in [4.78, 5) is 12.0. The number of amides is 1. The van der Waals surface area contributed by atoms with Crippen molar-refractivity contribution in [2.45, 2.75) is 32.3 Å². The number of nitrogens with two attached hydrogens (primary N) is 1. The van der Waals surface area contributed by atoms with Crippen LogP contribution >= 0.6 is 0 Å². The number of nitrogen functional groups attached to an aromatic ring is 1. The van der Waals surface area contributed by atoms with Crippen LogP contribution in [0.3, 0.4) is 0 Å². The van der Waals surface area contributed by atoms with Gasteiger partial charge in [0.15, 0.2) is 0 Å². The first-order chi connectivity index (χ1) is 10.8. The molecule has 122 valence electrons. The van der Waals surface area contributed by atoms with Gasteiger partial charge in [-0.3, -0.25) is 4.79 Å². The zero-order chi connectivity index (χ0) is 17.0. The Morgan fingerprint density at radius 2 is 1.83 bits per heavy atom. The van der Waals surface area contributed by atoms with Crippen molar-refractivity contribution in [3.8, 4) is 0 Å². The molecule has 0 spiro atoms. The third-order valence-electron chi connectivity index (χ3n) is 3.77. The van der Waals surface area contributed by atoms with Crippen LogP contribution in [0.25, 0.3) is 0 Å². The molecular formula is C19H24N2O2. The first-order valence-corrected chi connectivity index (χ1v) is 7.69. The Hall–Kier alpha value is -2.33. The predicted molar refractivity (Wildman–Crippen MR) is 93.3 cm³/mol. The quantitative estimate of drug-likeness (QED) is 0.760. The number of aliphatic hydroxyl groups is 1. The first-order valence-electron chi connectivity index (χ1n) is 7.69. The molecule has 1 unspecified atom stereocenters. The molecule has 4 N–H and O–H groups in total. The molecule has 0 saturated heterocycles. The van der Waals surface area contributed by atoms with Crippen LogP contribution in [0.15, 0.2) is 48.5 Å². The number of hydrogen-bond acceptors (Lipinski definition) is 3. The molecule has 0 aliphatic carbocycles. The summed E-state index contributed by atoms with van der Waals surface area (Å²) in [5.74, 6) is -0.248. The highest BCUT2D eigenvalue weighted by atomic mass is 16.3. The number of anilines is 1. The summed E-state index contributed by atoms with van der Waals surface area (Å²) < 4.78 is 0. The molecule has 2 aromatic carbocycles. The maximum Gasteiger partial charge on any atom is 0.251 e. The summed E-state index contributed by atoms with van der Waals surface area (Å²) >= 11 is 0. The average molecular weight is 312 g/mol. The lowest BCUT2D eigenvalue weighted by Crippen LogP contribution is -2.28. The second kappa shape index (κ2) is 6.84. The van der Waals surface area contributed by atoms with E-state index in [-0.39, 0.29) is 17.9 Å². The van der Waals surface area contributed by atoms with Crippen molar-refractivity contribution < 1.29 is 9.90 Å². The molecule has 1 amide bonds. The van der Waals surface area contributed by atoms with Crippen molar-refractivity contribution >= 4 is 11.6 Å². The average Bonchev–Trinajstić information content (AvgIpc) is 2.51. The second-order valence-electron chi connectivity index (χ2n) is 6.72. The molecule has 0 fully saturated rings. The standard InChI is InChI=1S/C19H24N2O2/c1-19(2,3)15-9-7-13(8-10-15)17(22)12-21-18(23)14-5-4-6-16(20)11-14/h4-11,17,22H,12,20H2,1-3H3,(H,21,23). The van der Waals surface area contributed by atoms with Gasteiger partial charge in [0, 0.05) is 17.8 Å². The Balaban J connectivity index is 1.97. The number of rotatable bonds is 4. The van der Waals surface area contributed by atoms with E-state index in [0.717, 1.165) is 5.56 Å². The molecule has 2 rings (SSSR count). The molecule has 4 heteroatoms. The monoisotopic (exact) mass is 312 g/mol. The van der Waals surface area contributed by atoms with Crippen LogP contribution < -0.4 is 11.1 Å². The number of carbonyl (C=O) groups excluding carboxylic acids is 1. The lowest BCUT2D eigenvalue weighted by Gasteiger charge is -2.20. The number of hydrogen-bond donors (Lipinski definition) is 3. The Bertz CT molecular complexity index is 673. The largest absolute Gasteiger partial charge is 0.399 e. The van der Waals surface area contributed by atoms with Crippen molar-refractivity contribution in [3.63, 3.8) is 0 Å². The van der Waals surface area contributed by atoms with Gasteiger partial charge in [-0.2, -0.15) is 0 Å². The van der Waals surface area contributed by atoms with Crippen LogP contribution in [-0.4, -0.2) is 17.6 Å². The van der Waals surface area contributed by atoms with Crippen molar-refractivity contribution in [1.29, 1.82) is 0 Å². The zero-order valence-electron chi connectivity index (χ0n) is 13.8. The minimum absolute atomic E-state index is 0.0743. The van der Waals surface area contributed by atoms with Gasteiger partial charge in [-0.15, -0.1) is 0 Å². The van der Waals surface area contributed by atoms with Crippen molar-refractivity contribution in [2.75, 3.05) is 12.3 Å². The minimum atomic E-state index is -0.742. The summed E-state index contributed by atoms with van der Waals surface area (Å²) in [5, 5.41) is 12.9. The predicted octanol–water partition coefficient (Wildman–Crippen LogP) is 3.03. The lowest BCUT2D eigenvalue weighted by molar-refractivity contribution is 0.0916. The zero-order valence-corrected chi connectivity index (χ0v) is 13.8. The van der Waals surface area contributed by atoms with Gasteiger partial charge in [0.1, 0.15) is 0 Å². The molecule has 0 aliphatic heterocycles. The van der Waals surface area contributed by atoms with E-state index in [9.17, 15) is 9.90 Å². The van der Waals surface area contributed by atoms with Crippen molar-refractivity contribution in [2.24, 2.45) is 0 Å². The molecule has 2 aromatic rings. The summed E-state index contributed by atoms with van der Waals surface area (Å²) in [7, 11) is 0. The minimum Gasteiger partial charge on any atom is -0.399 e. The topological polar surface area (TPSA) is 75.3 Å². The molecular weight excluding hydrogens is 288 g/mol. The van der Waals surface area contributed by atoms with Crippen LogP contribution in [0, 0.1) is 0 Å². The van der Waals surface area contributed by atoms with Gasteiger partial charge in [-0.25, -0.2) is 0 Å². The van der Waals surface area contributed by atoms with Gasteiger partial charge in [-0.1, -0.05) is 51.1 Å². The molecule has 1 atom stereocenters. The maximum absolute atomic E-state index is 12.0. The van der Waals surface area contributed by atoms with Gasteiger partial charge in [-0.05, 0) is 34.7 Å². The van der Waals surface area contributed by atoms with E-state index in [4.69, 9.17) is 5.73 Å². The Morgan fingerprint density at radius 1 is 1.17 bits per heavy atom. The molecule has 0 radical (unpaired) electrons. The van der Waals surface area contributed by atoms with Gasteiger partial charge in [0.25, 0.3) is 5.91 Å². The normalized spacial score (nSPS) is 12.7. The van der Waals surface area contributed by atoms with E-state index in [1.54, 1.807) is 24.3 Å². The highest BCUT2D eigenvalue weighted by Gasteiger charge is 2.15. The molecule has 23 heavy (non-hydrogen) atoms. The van der Waals surface area contributed by atoms with E-state index in [1.807, 2.05) is 24.3 Å². The summed E-state index contributed by atoms with van der Waals surface area (Å²) in [6.07, 6.45) is -0.742. The number of aliphatic hydroxyl groups excluding tert-OH is 1. The molecule has 0 saturated carbocycles. The van der Waals surface area contributed by atoms with Crippen LogP contribution in [-0.2, 0) is 5.41 Å². The van der Waals surface area contributed by atoms with Crippen LogP contribution in [0.4, 0.5) is 5.69 Å². The summed E-state index contributed by atoms with van der Waals surface area (Å²) in [6, 6.07) is 14.6. The molecule has 0 heterocycles. The summed E-state index contributed by atoms with van der Waals surface area (Å²) in [6.45, 7) is 6.58. The Morgan fingerprint density at radius 3 is 2.39 bits per heavy atom. The fourth-order valence-corrected chi connectivity index (χ4v) is 2.29. The number of carbonyl (C=O) groups is 1. The fourth-order valence-electron chi connectivity index (χ4n) is 2.29. The molecule has 4 nitrogen and oxygen atoms in total. The highest BCUT2D eigenvalue weighted by Crippen LogP contribution is 2.23. The Labute approximate surface area is 137 Å². The van der Waals surface area contributed by atoms with Gasteiger partial charge >= 0.3 is 0 Å². The molecule has 0 bridgehead atoms. The summed E-state index contributed by atoms with van der Waals surface area (Å²) in [5.41, 5.74) is 8.75. The van der Waals surface area contributed by atoms with Gasteiger partial charge in [0.05, 0.1) is 6.10 Å². The SMILES string of the molecule is CC(C)(C)c1ccc(C(O)CNC(=O)c2cccc(N)c2)cc1. The Kier molecular flexibility index (Phi) is 5.06. The third-order valence-corrected chi connectivity index (χ3v) is 3.77. The maximum atomic E-state index is 12.0. The second-order valence-corrected chi connectivity index (χ2v) is 6.72. The smallest absolute Gasteiger partial charge is 0.251 e.